The van der Waals surface area contributed by atoms with Crippen LogP contribution in [-0.2, 0) is 37.4 Å². The Morgan fingerprint density at radius 3 is 2.26 bits per heavy atom. The summed E-state index contributed by atoms with van der Waals surface area (Å²) in [5.74, 6) is 0.623. The van der Waals surface area contributed by atoms with E-state index >= 15 is 0 Å². The Morgan fingerprint density at radius 2 is 1.63 bits per heavy atom. The van der Waals surface area contributed by atoms with Crippen LogP contribution in [0.25, 0.3) is 61.3 Å². The number of hydrogen-bond donors (Lipinski definition) is 1. The van der Waals surface area contributed by atoms with Crippen molar-refractivity contribution in [3.05, 3.63) is 166 Å². The third-order valence-electron chi connectivity index (χ3n) is 13.4. The van der Waals surface area contributed by atoms with E-state index < -0.39 is 11.8 Å². The number of aryl methyl sites for hydroxylation is 1. The number of aromatic carboxylic acids is 1. The van der Waals surface area contributed by atoms with Crippen molar-refractivity contribution in [1.82, 2.24) is 19.5 Å². The predicted octanol–water partition coefficient (Wildman–Crippen LogP) is 15.2. The first kappa shape index (κ1) is 48.4. The average Bonchev–Trinajstić information content (AvgIpc) is 3.85. The van der Waals surface area contributed by atoms with Crippen molar-refractivity contribution in [2.24, 2.45) is 5.92 Å². The Kier molecular flexibility index (Phi) is 13.2. The summed E-state index contributed by atoms with van der Waals surface area (Å²) in [4.78, 5) is 25.4. The number of fused-ring (bicyclic) bond motifs is 7. The van der Waals surface area contributed by atoms with Crippen LogP contribution in [0, 0.1) is 23.9 Å². The molecule has 8 aromatic rings. The molecule has 68 heavy (non-hydrogen) atoms. The van der Waals surface area contributed by atoms with Gasteiger partial charge in [0, 0.05) is 60.7 Å². The van der Waals surface area contributed by atoms with Gasteiger partial charge in [-0.15, -0.1) is 30.3 Å². The predicted molar refractivity (Wildman–Crippen MR) is 269 cm³/mol. The summed E-state index contributed by atoms with van der Waals surface area (Å²) in [6.07, 6.45) is 13.0. The molecule has 10 rings (SSSR count). The van der Waals surface area contributed by atoms with Crippen LogP contribution in [0.5, 0.6) is 0 Å². The number of aromatic nitrogens is 4. The molecule has 1 radical (unpaired) electrons. The molecule has 2 atom stereocenters. The summed E-state index contributed by atoms with van der Waals surface area (Å²) in [6.45, 7) is 24.2. The van der Waals surface area contributed by atoms with Crippen molar-refractivity contribution >= 4 is 38.9 Å². The van der Waals surface area contributed by atoms with E-state index in [0.29, 0.717) is 29.4 Å². The van der Waals surface area contributed by atoms with Gasteiger partial charge in [0.1, 0.15) is 5.58 Å². The fraction of sp³-hybridized carbons (Fsp3) is 0.322. The van der Waals surface area contributed by atoms with Gasteiger partial charge in [0.25, 0.3) is 5.97 Å². The van der Waals surface area contributed by atoms with Crippen molar-refractivity contribution in [2.45, 2.75) is 118 Å². The van der Waals surface area contributed by atoms with Crippen molar-refractivity contribution in [3.63, 3.8) is 0 Å². The van der Waals surface area contributed by atoms with Crippen LogP contribution in [0.1, 0.15) is 144 Å². The maximum absolute atomic E-state index is 13.9. The molecule has 0 amide bonds. The molecule has 0 spiro atoms. The monoisotopic (exact) mass is 1080 g/mol. The average molecular weight is 1080 g/mol. The number of imidazole rings is 1. The van der Waals surface area contributed by atoms with E-state index in [4.69, 9.17) is 19.5 Å². The summed E-state index contributed by atoms with van der Waals surface area (Å²) in [5.41, 5.74) is 15.0. The zero-order valence-corrected chi connectivity index (χ0v) is 43.2. The van der Waals surface area contributed by atoms with E-state index in [-0.39, 0.29) is 42.1 Å². The molecule has 0 saturated heterocycles. The van der Waals surface area contributed by atoms with Crippen molar-refractivity contribution < 1.29 is 38.8 Å². The van der Waals surface area contributed by atoms with Crippen LogP contribution < -0.4 is 0 Å². The Bertz CT molecular complexity index is 3260. The molecule has 7 nitrogen and oxygen atoms in total. The molecular weight excluding hydrogens is 1020 g/mol. The van der Waals surface area contributed by atoms with Gasteiger partial charge in [-0.2, -0.15) is 0 Å². The van der Waals surface area contributed by atoms with Gasteiger partial charge in [-0.1, -0.05) is 146 Å². The van der Waals surface area contributed by atoms with E-state index in [9.17, 15) is 9.18 Å². The van der Waals surface area contributed by atoms with Crippen LogP contribution >= 0.6 is 0 Å². The number of nitrogens with zero attached hydrogens (tertiary/aromatic N) is 4. The van der Waals surface area contributed by atoms with Crippen molar-refractivity contribution in [1.29, 1.82) is 0 Å². The van der Waals surface area contributed by atoms with Gasteiger partial charge in [0.15, 0.2) is 0 Å². The second-order valence-electron chi connectivity index (χ2n) is 21.0. The van der Waals surface area contributed by atoms with E-state index in [0.717, 1.165) is 62.7 Å². The van der Waals surface area contributed by atoms with E-state index in [1.54, 1.807) is 12.3 Å². The molecule has 9 heteroatoms. The minimum atomic E-state index is -1.18. The molecule has 0 aliphatic heterocycles. The molecular formula is C59H59FIrN4O3-2. The maximum atomic E-state index is 13.9. The van der Waals surface area contributed by atoms with Crippen LogP contribution in [0.3, 0.4) is 0 Å². The fourth-order valence-corrected chi connectivity index (χ4v) is 9.86. The van der Waals surface area contributed by atoms with Gasteiger partial charge in [0.05, 0.1) is 28.1 Å². The number of para-hydroxylation sites is 1. The molecule has 2 aliphatic carbocycles. The number of rotatable bonds is 6. The fourth-order valence-electron chi connectivity index (χ4n) is 9.86. The number of halogens is 1. The third-order valence-corrected chi connectivity index (χ3v) is 13.4. The number of benzene rings is 4. The largest absolute Gasteiger partial charge is 0.501 e. The summed E-state index contributed by atoms with van der Waals surface area (Å²) < 4.78 is 23.2. The van der Waals surface area contributed by atoms with Gasteiger partial charge in [-0.05, 0) is 100 Å². The smallest absolute Gasteiger partial charge is 0.292 e. The zero-order valence-electron chi connectivity index (χ0n) is 40.8. The van der Waals surface area contributed by atoms with Crippen LogP contribution in [0.15, 0.2) is 113 Å². The minimum Gasteiger partial charge on any atom is -0.501 e. The van der Waals surface area contributed by atoms with Gasteiger partial charge >= 0.3 is 0 Å². The SMILES string of the molecule is CC(C)(C)c1ccc(-c2[c-]cc(C(=O)O)cc2F)nc1.CC1=CC2CCc3cc4c(cc3C2C=C1)oc1c(-c2nc3ccnc(C(C)(C)C)c3n2-c2c(C(C)C)cccc2C(C)C)[c-]ccc14.[Ir]. The number of hydrogen-bond acceptors (Lipinski definition) is 5. The van der Waals surface area contributed by atoms with Gasteiger partial charge in [-0.25, -0.2) is 0 Å². The summed E-state index contributed by atoms with van der Waals surface area (Å²) in [7, 11) is 0. The Labute approximate surface area is 413 Å². The first-order chi connectivity index (χ1) is 31.8. The summed E-state index contributed by atoms with van der Waals surface area (Å²) in [6, 6.07) is 29.8. The molecule has 0 bridgehead atoms. The molecule has 351 valence electrons. The van der Waals surface area contributed by atoms with Crippen molar-refractivity contribution in [2.75, 3.05) is 0 Å². The third kappa shape index (κ3) is 8.92. The Hall–Kier alpha value is -6.02. The Balaban J connectivity index is 0.000000251. The van der Waals surface area contributed by atoms with Crippen LogP contribution in [0.4, 0.5) is 4.39 Å². The number of carboxylic acids is 1. The zero-order chi connectivity index (χ0) is 47.7. The van der Waals surface area contributed by atoms with E-state index in [2.05, 4.69) is 159 Å². The molecule has 0 fully saturated rings. The molecule has 1 N–H and O–H groups in total. The number of pyridine rings is 2. The second kappa shape index (κ2) is 18.5. The van der Waals surface area contributed by atoms with Gasteiger partial charge < -0.3 is 19.1 Å². The molecule has 2 aliphatic rings. The summed E-state index contributed by atoms with van der Waals surface area (Å²) in [5, 5.41) is 11.1. The second-order valence-corrected chi connectivity index (χ2v) is 21.0. The molecule has 4 heterocycles. The number of carboxylic acid groups (broad SMARTS) is 1. The minimum absolute atomic E-state index is 0. The topological polar surface area (TPSA) is 94.0 Å². The molecule has 4 aromatic carbocycles. The molecule has 4 aromatic heterocycles. The van der Waals surface area contributed by atoms with Gasteiger partial charge in [0.2, 0.25) is 0 Å². The molecule has 2 unspecified atom stereocenters. The first-order valence-electron chi connectivity index (χ1n) is 23.5. The van der Waals surface area contributed by atoms with E-state index in [1.165, 1.54) is 51.4 Å². The molecule has 0 saturated carbocycles. The maximum Gasteiger partial charge on any atom is 0.292 e. The Morgan fingerprint density at radius 1 is 0.897 bits per heavy atom. The van der Waals surface area contributed by atoms with Crippen LogP contribution in [0.2, 0.25) is 0 Å². The first-order valence-corrected chi connectivity index (χ1v) is 23.5. The van der Waals surface area contributed by atoms with E-state index in [1.807, 2.05) is 18.3 Å². The quantitative estimate of drug-likeness (QED) is 0.167. The number of carbonyl (C=O) groups is 1. The van der Waals surface area contributed by atoms with Gasteiger partial charge in [-0.3, -0.25) is 19.2 Å². The normalized spacial score (nSPS) is 15.8. The standard InChI is InChI=1S/C43H44N3O.C16H15FNO2.Ir/c1-24(2)29-11-9-12-30(25(3)4)38(29)46-39-36(19-20-44-41(39)43(6,7)8)45-42(46)33-14-10-13-32-35-22-28-17-16-27-21-26(5)15-18-31(27)34(28)23-37(35)47-40(32)33;1-16(2,3)11-5-7-14(18-9-11)12-6-4-10(15(19)20)8-13(12)17;/h9-13,15,18-25,27,31H,16-17H2,1-8H3;4-5,7-9H,1-3H3,(H,19,20);/q2*-1;. The number of allylic oxidation sites excluding steroid dienone is 4. The number of furan rings is 1. The summed E-state index contributed by atoms with van der Waals surface area (Å²) >= 11 is 0. The van der Waals surface area contributed by atoms with Crippen LogP contribution in [-0.4, -0.2) is 30.6 Å². The van der Waals surface area contributed by atoms with Crippen molar-refractivity contribution in [3.8, 4) is 28.3 Å².